The van der Waals surface area contributed by atoms with Gasteiger partial charge in [0.1, 0.15) is 4.88 Å². The van der Waals surface area contributed by atoms with Gasteiger partial charge >= 0.3 is 5.97 Å². The molecule has 1 saturated carbocycles. The minimum absolute atomic E-state index is 0.00980. The largest absolute Gasteiger partial charge is 0.494 e. The van der Waals surface area contributed by atoms with E-state index in [-0.39, 0.29) is 20.9 Å². The summed E-state index contributed by atoms with van der Waals surface area (Å²) in [5.74, 6) is 0.0446. The van der Waals surface area contributed by atoms with Gasteiger partial charge in [0, 0.05) is 12.1 Å². The van der Waals surface area contributed by atoms with E-state index >= 15 is 0 Å². The molecule has 0 saturated heterocycles. The van der Waals surface area contributed by atoms with Crippen LogP contribution in [-0.2, 0) is 14.8 Å². The van der Waals surface area contributed by atoms with E-state index in [1.54, 1.807) is 0 Å². The number of hydrogen-bond donors (Lipinski definition) is 1. The molecule has 1 aromatic carbocycles. The van der Waals surface area contributed by atoms with Crippen molar-refractivity contribution >= 4 is 27.3 Å². The molecule has 2 aromatic rings. The van der Waals surface area contributed by atoms with E-state index in [9.17, 15) is 13.2 Å². The van der Waals surface area contributed by atoms with Crippen LogP contribution >= 0.6 is 11.3 Å². The molecule has 0 spiro atoms. The molecule has 1 fully saturated rings. The van der Waals surface area contributed by atoms with E-state index in [1.165, 1.54) is 25.8 Å². The van der Waals surface area contributed by atoms with E-state index < -0.39 is 16.0 Å². The van der Waals surface area contributed by atoms with E-state index in [4.69, 9.17) is 4.74 Å². The molecule has 0 bridgehead atoms. The molecule has 0 radical (unpaired) electrons. The molecule has 0 unspecified atom stereocenters. The third-order valence-electron chi connectivity index (χ3n) is 4.84. The van der Waals surface area contributed by atoms with Crippen LogP contribution in [-0.4, -0.2) is 34.6 Å². The molecule has 1 aliphatic rings. The molecule has 8 heteroatoms. The Labute approximate surface area is 163 Å². The number of carbonyl (C=O) groups excluding carboxylic acids is 1. The summed E-state index contributed by atoms with van der Waals surface area (Å²) >= 11 is 0.860. The lowest BCUT2D eigenvalue weighted by Crippen LogP contribution is -2.37. The van der Waals surface area contributed by atoms with E-state index in [2.05, 4.69) is 21.6 Å². The second-order valence-electron chi connectivity index (χ2n) is 6.54. The highest BCUT2D eigenvalue weighted by Gasteiger charge is 2.30. The predicted octanol–water partition coefficient (Wildman–Crippen LogP) is 3.55. The highest BCUT2D eigenvalue weighted by atomic mass is 32.2. The molecule has 27 heavy (non-hydrogen) atoms. The zero-order chi connectivity index (χ0) is 19.4. The molecule has 3 rings (SSSR count). The van der Waals surface area contributed by atoms with Gasteiger partial charge in [-0.15, -0.1) is 11.3 Å². The maximum Gasteiger partial charge on any atom is 0.348 e. The Morgan fingerprint density at radius 1 is 1.11 bits per heavy atom. The van der Waals surface area contributed by atoms with Crippen molar-refractivity contribution in [3.8, 4) is 5.75 Å². The Hall–Kier alpha value is -1.90. The van der Waals surface area contributed by atoms with Gasteiger partial charge in [-0.3, -0.25) is 0 Å². The van der Waals surface area contributed by atoms with Crippen molar-refractivity contribution in [1.29, 1.82) is 0 Å². The Morgan fingerprint density at radius 3 is 2.37 bits per heavy atom. The standard InChI is InChI=1S/C19H23NO5S2/c1-24-16-12-17(18(21)25-2)26-19(16)27(22,23)20-15-10-8-14(9-11-15)13-6-4-3-5-7-13/h3-7,12,14-15,20H,8-11H2,1-2H3. The van der Waals surface area contributed by atoms with Crippen LogP contribution in [0.5, 0.6) is 5.75 Å². The molecule has 1 heterocycles. The molecule has 6 nitrogen and oxygen atoms in total. The lowest BCUT2D eigenvalue weighted by atomic mass is 9.82. The van der Waals surface area contributed by atoms with Gasteiger partial charge in [0.25, 0.3) is 10.0 Å². The fraction of sp³-hybridized carbons (Fsp3) is 0.421. The van der Waals surface area contributed by atoms with Gasteiger partial charge in [0.2, 0.25) is 0 Å². The molecule has 0 amide bonds. The number of esters is 1. The van der Waals surface area contributed by atoms with Crippen LogP contribution in [0.2, 0.25) is 0 Å². The van der Waals surface area contributed by atoms with E-state index in [0.717, 1.165) is 37.0 Å². The van der Waals surface area contributed by atoms with Crippen molar-refractivity contribution in [2.24, 2.45) is 0 Å². The maximum absolute atomic E-state index is 12.8. The first-order valence-corrected chi connectivity index (χ1v) is 11.1. The number of methoxy groups -OCH3 is 2. The molecule has 1 aliphatic carbocycles. The van der Waals surface area contributed by atoms with Crippen LogP contribution in [0.1, 0.15) is 46.8 Å². The summed E-state index contributed by atoms with van der Waals surface area (Å²) in [5.41, 5.74) is 1.31. The summed E-state index contributed by atoms with van der Waals surface area (Å²) in [5, 5.41) is 0. The van der Waals surface area contributed by atoms with Crippen LogP contribution < -0.4 is 9.46 Å². The first kappa shape index (κ1) is 19.9. The van der Waals surface area contributed by atoms with Gasteiger partial charge in [0.15, 0.2) is 9.96 Å². The third kappa shape index (κ3) is 4.51. The summed E-state index contributed by atoms with van der Waals surface area (Å²) in [6, 6.07) is 11.6. The fourth-order valence-electron chi connectivity index (χ4n) is 3.43. The summed E-state index contributed by atoms with van der Waals surface area (Å²) in [6.45, 7) is 0. The Bertz CT molecular complexity index is 884. The first-order chi connectivity index (χ1) is 12.9. The van der Waals surface area contributed by atoms with Gasteiger partial charge < -0.3 is 9.47 Å². The minimum Gasteiger partial charge on any atom is -0.494 e. The number of nitrogens with one attached hydrogen (secondary N) is 1. The van der Waals surface area contributed by atoms with Gasteiger partial charge in [-0.1, -0.05) is 30.3 Å². The van der Waals surface area contributed by atoms with Crippen LogP contribution in [0.25, 0.3) is 0 Å². The summed E-state index contributed by atoms with van der Waals surface area (Å²) in [6.07, 6.45) is 3.42. The quantitative estimate of drug-likeness (QED) is 0.738. The van der Waals surface area contributed by atoms with Crippen molar-refractivity contribution in [2.45, 2.75) is 41.9 Å². The second-order valence-corrected chi connectivity index (χ2v) is 9.50. The zero-order valence-corrected chi connectivity index (χ0v) is 16.9. The first-order valence-electron chi connectivity index (χ1n) is 8.78. The molecule has 146 valence electrons. The topological polar surface area (TPSA) is 81.7 Å². The highest BCUT2D eigenvalue weighted by molar-refractivity contribution is 7.91. The minimum atomic E-state index is -3.77. The molecule has 1 N–H and O–H groups in total. The van der Waals surface area contributed by atoms with Crippen LogP contribution in [0.4, 0.5) is 0 Å². The average molecular weight is 410 g/mol. The summed E-state index contributed by atoms with van der Waals surface area (Å²) < 4.78 is 38.3. The number of carbonyl (C=O) groups is 1. The molecule has 0 atom stereocenters. The molecule has 1 aromatic heterocycles. The number of thiophene rings is 1. The Morgan fingerprint density at radius 2 is 1.78 bits per heavy atom. The highest BCUT2D eigenvalue weighted by Crippen LogP contribution is 2.36. The van der Waals surface area contributed by atoms with E-state index in [0.29, 0.717) is 5.92 Å². The normalized spacial score (nSPS) is 20.2. The average Bonchev–Trinajstić information content (AvgIpc) is 3.14. The number of benzene rings is 1. The number of hydrogen-bond acceptors (Lipinski definition) is 6. The van der Waals surface area contributed by atoms with Crippen molar-refractivity contribution in [2.75, 3.05) is 14.2 Å². The van der Waals surface area contributed by atoms with Crippen molar-refractivity contribution < 1.29 is 22.7 Å². The maximum atomic E-state index is 12.8. The zero-order valence-electron chi connectivity index (χ0n) is 15.3. The third-order valence-corrected chi connectivity index (χ3v) is 7.97. The van der Waals surface area contributed by atoms with Gasteiger partial charge in [-0.2, -0.15) is 0 Å². The van der Waals surface area contributed by atoms with Crippen molar-refractivity contribution in [1.82, 2.24) is 4.72 Å². The van der Waals surface area contributed by atoms with E-state index in [1.807, 2.05) is 18.2 Å². The monoisotopic (exact) mass is 409 g/mol. The molecule has 0 aliphatic heterocycles. The summed E-state index contributed by atoms with van der Waals surface area (Å²) in [7, 11) is -1.13. The second kappa shape index (κ2) is 8.41. The lowest BCUT2D eigenvalue weighted by molar-refractivity contribution is 0.0606. The predicted molar refractivity (Wildman–Crippen MR) is 104 cm³/mol. The number of ether oxygens (including phenoxy) is 2. The SMILES string of the molecule is COC(=O)c1cc(OC)c(S(=O)(=O)NC2CCC(c3ccccc3)CC2)s1. The smallest absolute Gasteiger partial charge is 0.348 e. The summed E-state index contributed by atoms with van der Waals surface area (Å²) in [4.78, 5) is 11.9. The van der Waals surface area contributed by atoms with Crippen molar-refractivity contribution in [3.05, 3.63) is 46.8 Å². The Kier molecular flexibility index (Phi) is 6.18. The number of sulfonamides is 1. The molecular weight excluding hydrogens is 386 g/mol. The fourth-order valence-corrected chi connectivity index (χ4v) is 6.25. The van der Waals surface area contributed by atoms with Crippen LogP contribution in [0, 0.1) is 0 Å². The number of rotatable bonds is 6. The van der Waals surface area contributed by atoms with Crippen molar-refractivity contribution in [3.63, 3.8) is 0 Å². The van der Waals surface area contributed by atoms with Crippen LogP contribution in [0.3, 0.4) is 0 Å². The Balaban J connectivity index is 1.69. The lowest BCUT2D eigenvalue weighted by Gasteiger charge is -2.29. The molecular formula is C19H23NO5S2. The van der Waals surface area contributed by atoms with Gasteiger partial charge in [-0.05, 0) is 37.2 Å². The van der Waals surface area contributed by atoms with Gasteiger partial charge in [0.05, 0.1) is 14.2 Å². The van der Waals surface area contributed by atoms with Gasteiger partial charge in [-0.25, -0.2) is 17.9 Å². The van der Waals surface area contributed by atoms with Crippen LogP contribution in [0.15, 0.2) is 40.6 Å².